The van der Waals surface area contributed by atoms with Gasteiger partial charge in [0.2, 0.25) is 0 Å². The molecule has 1 N–H and O–H groups in total. The molecule has 96 valence electrons. The van der Waals surface area contributed by atoms with E-state index in [1.165, 1.54) is 0 Å². The van der Waals surface area contributed by atoms with E-state index in [4.69, 9.17) is 9.47 Å². The van der Waals surface area contributed by atoms with Crippen molar-refractivity contribution < 1.29 is 19.1 Å². The minimum atomic E-state index is -0.481. The first-order valence-electron chi connectivity index (χ1n) is 5.88. The van der Waals surface area contributed by atoms with E-state index in [9.17, 15) is 9.59 Å². The van der Waals surface area contributed by atoms with Gasteiger partial charge >= 0.3 is 5.97 Å². The molecule has 0 unspecified atom stereocenters. The van der Waals surface area contributed by atoms with Gasteiger partial charge < -0.3 is 14.8 Å². The minimum absolute atomic E-state index is 0.115. The average molecular weight is 249 g/mol. The van der Waals surface area contributed by atoms with Crippen LogP contribution in [-0.2, 0) is 9.47 Å². The molecule has 1 aromatic rings. The highest BCUT2D eigenvalue weighted by atomic mass is 16.6. The van der Waals surface area contributed by atoms with Crippen molar-refractivity contribution in [3.8, 4) is 0 Å². The van der Waals surface area contributed by atoms with Gasteiger partial charge in [-0.2, -0.15) is 0 Å². The van der Waals surface area contributed by atoms with Crippen LogP contribution in [0.25, 0.3) is 0 Å². The quantitative estimate of drug-likeness (QED) is 0.624. The van der Waals surface area contributed by atoms with E-state index < -0.39 is 5.97 Å². The van der Waals surface area contributed by atoms with Crippen LogP contribution in [0.5, 0.6) is 0 Å². The number of hydrogen-bond acceptors (Lipinski definition) is 4. The molecule has 1 aliphatic heterocycles. The number of nitrogens with one attached hydrogen (secondary N) is 1. The summed E-state index contributed by atoms with van der Waals surface area (Å²) < 4.78 is 9.92. The normalized spacial score (nSPS) is 17.1. The van der Waals surface area contributed by atoms with E-state index in [-0.39, 0.29) is 24.2 Å². The zero-order valence-electron chi connectivity index (χ0n) is 10.1. The van der Waals surface area contributed by atoms with Gasteiger partial charge in [0, 0.05) is 6.54 Å². The van der Waals surface area contributed by atoms with Crippen molar-refractivity contribution in [3.05, 3.63) is 35.4 Å². The lowest BCUT2D eigenvalue weighted by atomic mass is 10.1. The fraction of sp³-hybridized carbons (Fsp3) is 0.385. The lowest BCUT2D eigenvalue weighted by molar-refractivity contribution is 0.0522. The third-order valence-electron chi connectivity index (χ3n) is 2.56. The topological polar surface area (TPSA) is 67.9 Å². The highest BCUT2D eigenvalue weighted by molar-refractivity contribution is 6.05. The van der Waals surface area contributed by atoms with Crippen LogP contribution in [0.1, 0.15) is 27.6 Å². The molecular formula is C13H15NO4. The summed E-state index contributed by atoms with van der Waals surface area (Å²) in [6.45, 7) is 3.16. The highest BCUT2D eigenvalue weighted by Crippen LogP contribution is 2.11. The van der Waals surface area contributed by atoms with Crippen molar-refractivity contribution in [3.63, 3.8) is 0 Å². The molecule has 1 fully saturated rings. The summed E-state index contributed by atoms with van der Waals surface area (Å²) in [5.41, 5.74) is 0.616. The summed E-state index contributed by atoms with van der Waals surface area (Å²) in [7, 11) is 0. The Hall–Kier alpha value is -1.88. The van der Waals surface area contributed by atoms with Crippen LogP contribution < -0.4 is 5.32 Å². The van der Waals surface area contributed by atoms with E-state index in [1.54, 1.807) is 31.2 Å². The molecule has 1 atom stereocenters. The Morgan fingerprint density at radius 2 is 2.06 bits per heavy atom. The Morgan fingerprint density at radius 3 is 2.67 bits per heavy atom. The van der Waals surface area contributed by atoms with Gasteiger partial charge in [-0.15, -0.1) is 0 Å². The zero-order chi connectivity index (χ0) is 13.0. The summed E-state index contributed by atoms with van der Waals surface area (Å²) >= 11 is 0. The molecule has 0 aromatic heterocycles. The first-order valence-corrected chi connectivity index (χ1v) is 5.88. The molecule has 1 aromatic carbocycles. The molecule has 5 nitrogen and oxygen atoms in total. The molecule has 0 bridgehead atoms. The second-order valence-corrected chi connectivity index (χ2v) is 3.93. The molecule has 18 heavy (non-hydrogen) atoms. The third-order valence-corrected chi connectivity index (χ3v) is 2.56. The van der Waals surface area contributed by atoms with Gasteiger partial charge in [0.05, 0.1) is 30.4 Å². The second-order valence-electron chi connectivity index (χ2n) is 3.93. The van der Waals surface area contributed by atoms with Crippen LogP contribution in [0.2, 0.25) is 0 Å². The Balaban J connectivity index is 2.09. The fourth-order valence-electron chi connectivity index (χ4n) is 1.56. The van der Waals surface area contributed by atoms with Crippen LogP contribution >= 0.6 is 0 Å². The first kappa shape index (κ1) is 12.6. The van der Waals surface area contributed by atoms with Gasteiger partial charge in [0.1, 0.15) is 0 Å². The number of amides is 1. The summed E-state index contributed by atoms with van der Waals surface area (Å²) in [5, 5.41) is 2.73. The number of carbonyl (C=O) groups excluding carboxylic acids is 2. The largest absolute Gasteiger partial charge is 0.462 e. The molecule has 0 saturated carbocycles. The van der Waals surface area contributed by atoms with Crippen molar-refractivity contribution in [2.75, 3.05) is 19.8 Å². The first-order chi connectivity index (χ1) is 8.72. The SMILES string of the molecule is CCOC(=O)c1ccccc1C(=O)NC[C@H]1CO1. The monoisotopic (exact) mass is 249 g/mol. The zero-order valence-corrected chi connectivity index (χ0v) is 10.1. The molecule has 1 heterocycles. The number of rotatable bonds is 5. The molecule has 1 saturated heterocycles. The maximum Gasteiger partial charge on any atom is 0.338 e. The standard InChI is InChI=1S/C13H15NO4/c1-2-17-13(16)11-6-4-3-5-10(11)12(15)14-7-9-8-18-9/h3-6,9H,2,7-8H2,1H3,(H,14,15)/t9-/m0/s1. The van der Waals surface area contributed by atoms with E-state index in [2.05, 4.69) is 5.32 Å². The van der Waals surface area contributed by atoms with Crippen LogP contribution in [0.3, 0.4) is 0 Å². The predicted octanol–water partition coefficient (Wildman–Crippen LogP) is 0.992. The number of carbonyl (C=O) groups is 2. The van der Waals surface area contributed by atoms with E-state index in [1.807, 2.05) is 0 Å². The van der Waals surface area contributed by atoms with Gasteiger partial charge in [0.15, 0.2) is 0 Å². The van der Waals surface area contributed by atoms with Gasteiger partial charge in [-0.3, -0.25) is 4.79 Å². The molecule has 0 spiro atoms. The lowest BCUT2D eigenvalue weighted by Crippen LogP contribution is -2.29. The molecular weight excluding hydrogens is 234 g/mol. The summed E-state index contributed by atoms with van der Waals surface area (Å²) in [6, 6.07) is 6.61. The third kappa shape index (κ3) is 3.07. The fourth-order valence-corrected chi connectivity index (χ4v) is 1.56. The van der Waals surface area contributed by atoms with Crippen molar-refractivity contribution in [2.24, 2.45) is 0 Å². The number of epoxide rings is 1. The Morgan fingerprint density at radius 1 is 1.39 bits per heavy atom. The Bertz CT molecular complexity index is 454. The Kier molecular flexibility index (Phi) is 3.94. The van der Waals surface area contributed by atoms with E-state index in [0.717, 1.165) is 0 Å². The van der Waals surface area contributed by atoms with Crippen molar-refractivity contribution in [2.45, 2.75) is 13.0 Å². The van der Waals surface area contributed by atoms with Gasteiger partial charge in [0.25, 0.3) is 5.91 Å². The second kappa shape index (κ2) is 5.64. The maximum absolute atomic E-state index is 11.9. The summed E-state index contributed by atoms with van der Waals surface area (Å²) in [6.07, 6.45) is 0.115. The van der Waals surface area contributed by atoms with Crippen molar-refractivity contribution in [1.82, 2.24) is 5.32 Å². The minimum Gasteiger partial charge on any atom is -0.462 e. The molecule has 5 heteroatoms. The number of ether oxygens (including phenoxy) is 2. The molecule has 0 aliphatic carbocycles. The van der Waals surface area contributed by atoms with Crippen LogP contribution in [0.15, 0.2) is 24.3 Å². The molecule has 1 aliphatic rings. The molecule has 1 amide bonds. The number of esters is 1. The predicted molar refractivity (Wildman–Crippen MR) is 64.5 cm³/mol. The Labute approximate surface area is 105 Å². The van der Waals surface area contributed by atoms with E-state index in [0.29, 0.717) is 18.7 Å². The molecule has 0 radical (unpaired) electrons. The summed E-state index contributed by atoms with van der Waals surface area (Å²) in [4.78, 5) is 23.6. The van der Waals surface area contributed by atoms with Crippen molar-refractivity contribution >= 4 is 11.9 Å². The lowest BCUT2D eigenvalue weighted by Gasteiger charge is -2.08. The van der Waals surface area contributed by atoms with Crippen LogP contribution in [-0.4, -0.2) is 37.7 Å². The number of benzene rings is 1. The summed E-state index contributed by atoms with van der Waals surface area (Å²) in [5.74, 6) is -0.764. The smallest absolute Gasteiger partial charge is 0.338 e. The van der Waals surface area contributed by atoms with Gasteiger partial charge in [-0.05, 0) is 19.1 Å². The van der Waals surface area contributed by atoms with Crippen LogP contribution in [0, 0.1) is 0 Å². The number of hydrogen-bond donors (Lipinski definition) is 1. The highest BCUT2D eigenvalue weighted by Gasteiger charge is 2.24. The maximum atomic E-state index is 11.9. The van der Waals surface area contributed by atoms with Gasteiger partial charge in [-0.1, -0.05) is 12.1 Å². The molecule has 2 rings (SSSR count). The van der Waals surface area contributed by atoms with Crippen molar-refractivity contribution in [1.29, 1.82) is 0 Å². The van der Waals surface area contributed by atoms with E-state index >= 15 is 0 Å². The van der Waals surface area contributed by atoms with Crippen LogP contribution in [0.4, 0.5) is 0 Å². The van der Waals surface area contributed by atoms with Gasteiger partial charge in [-0.25, -0.2) is 4.79 Å². The average Bonchev–Trinajstić information content (AvgIpc) is 3.20.